The van der Waals surface area contributed by atoms with Gasteiger partial charge < -0.3 is 25.0 Å². The van der Waals surface area contributed by atoms with Crippen molar-refractivity contribution in [3.05, 3.63) is 34.9 Å². The van der Waals surface area contributed by atoms with Crippen molar-refractivity contribution in [2.75, 3.05) is 25.6 Å². The van der Waals surface area contributed by atoms with Gasteiger partial charge in [-0.25, -0.2) is 9.59 Å². The van der Waals surface area contributed by atoms with Crippen molar-refractivity contribution < 1.29 is 36.8 Å². The Kier molecular flexibility index (Phi) is 10.4. The van der Waals surface area contributed by atoms with Crippen LogP contribution in [-0.2, 0) is 24.4 Å². The second kappa shape index (κ2) is 12.5. The minimum absolute atomic E-state index is 0.154. The van der Waals surface area contributed by atoms with Crippen LogP contribution in [0.5, 0.6) is 0 Å². The summed E-state index contributed by atoms with van der Waals surface area (Å²) in [4.78, 5) is 39.5. The first-order valence-electron chi connectivity index (χ1n) is 12.3. The van der Waals surface area contributed by atoms with E-state index in [0.29, 0.717) is 18.1 Å². The van der Waals surface area contributed by atoms with E-state index in [4.69, 9.17) is 20.9 Å². The number of nitrogens with zero attached hydrogens (tertiary/aromatic N) is 1. The van der Waals surface area contributed by atoms with Crippen molar-refractivity contribution in [2.24, 2.45) is 11.3 Å². The molecule has 0 radical (unpaired) electrons. The molecule has 2 atom stereocenters. The fourth-order valence-electron chi connectivity index (χ4n) is 4.47. The van der Waals surface area contributed by atoms with Crippen LogP contribution in [0.4, 0.5) is 9.59 Å². The van der Waals surface area contributed by atoms with Crippen LogP contribution in [0, 0.1) is 11.3 Å². The molecule has 1 aliphatic rings. The average molecular weight is 576 g/mol. The lowest BCUT2D eigenvalue weighted by atomic mass is 9.70. The lowest BCUT2D eigenvalue weighted by Crippen LogP contribution is -2.58. The number of piperidine rings is 1. The number of likely N-dealkylation sites (tertiary alicyclic amines) is 1. The number of urea groups is 1. The molecule has 1 aromatic rings. The monoisotopic (exact) mass is 575 g/mol. The molecule has 38 heavy (non-hydrogen) atoms. The Labute approximate surface area is 229 Å². The largest absolute Gasteiger partial charge is 0.509 e. The Morgan fingerprint density at radius 1 is 1.21 bits per heavy atom. The summed E-state index contributed by atoms with van der Waals surface area (Å²) in [5.74, 6) is -1.36. The summed E-state index contributed by atoms with van der Waals surface area (Å²) in [5, 5.41) is 5.96. The lowest BCUT2D eigenvalue weighted by molar-refractivity contribution is -0.137. The van der Waals surface area contributed by atoms with Gasteiger partial charge in [0, 0.05) is 18.1 Å². The minimum atomic E-state index is -4.51. The number of nitrogens with one attached hydrogen (secondary N) is 2. The van der Waals surface area contributed by atoms with Crippen molar-refractivity contribution >= 4 is 39.8 Å². The molecule has 1 aliphatic heterocycles. The number of carbonyl (C=O) groups is 3. The first-order valence-corrected chi connectivity index (χ1v) is 14.3. The Morgan fingerprint density at radius 3 is 2.34 bits per heavy atom. The number of rotatable bonds is 9. The van der Waals surface area contributed by atoms with Crippen LogP contribution in [0.3, 0.4) is 0 Å². The molecule has 1 heterocycles. The number of benzene rings is 1. The van der Waals surface area contributed by atoms with Gasteiger partial charge in [0.05, 0.1) is 6.54 Å². The predicted octanol–water partition coefficient (Wildman–Crippen LogP) is 3.78. The highest BCUT2D eigenvalue weighted by molar-refractivity contribution is 7.85. The number of carbonyl (C=O) groups excluding carboxylic acids is 3. The third-order valence-corrected chi connectivity index (χ3v) is 7.06. The molecule has 0 aliphatic carbocycles. The molecule has 11 nitrogen and oxygen atoms in total. The summed E-state index contributed by atoms with van der Waals surface area (Å²) in [6, 6.07) is 6.38. The molecule has 1 fully saturated rings. The summed E-state index contributed by atoms with van der Waals surface area (Å²) in [6.45, 7) is 11.8. The van der Waals surface area contributed by atoms with E-state index < -0.39 is 39.9 Å². The van der Waals surface area contributed by atoms with E-state index >= 15 is 0 Å². The quantitative estimate of drug-likeness (QED) is 0.297. The molecule has 1 unspecified atom stereocenters. The van der Waals surface area contributed by atoms with Crippen LogP contribution in [0.15, 0.2) is 24.3 Å². The van der Waals surface area contributed by atoms with Crippen LogP contribution in [0.25, 0.3) is 0 Å². The molecule has 2 rings (SSSR count). The zero-order valence-corrected chi connectivity index (χ0v) is 24.2. The van der Waals surface area contributed by atoms with Gasteiger partial charge >= 0.3 is 22.3 Å². The second-order valence-electron chi connectivity index (χ2n) is 11.1. The van der Waals surface area contributed by atoms with Gasteiger partial charge in [0.1, 0.15) is 11.6 Å². The second-order valence-corrected chi connectivity index (χ2v) is 13.0. The van der Waals surface area contributed by atoms with E-state index in [1.807, 2.05) is 38.1 Å². The fraction of sp³-hybridized carbons (Fsp3) is 0.640. The number of hydrogen-bond donors (Lipinski definition) is 3. The van der Waals surface area contributed by atoms with Crippen molar-refractivity contribution in [1.29, 1.82) is 0 Å². The third-order valence-electron chi connectivity index (χ3n) is 6.39. The fourth-order valence-corrected chi connectivity index (χ4v) is 4.84. The zero-order valence-electron chi connectivity index (χ0n) is 22.6. The van der Waals surface area contributed by atoms with Gasteiger partial charge in [-0.1, -0.05) is 51.4 Å². The van der Waals surface area contributed by atoms with Gasteiger partial charge in [-0.05, 0) is 55.2 Å². The standard InChI is InChI=1S/C25H38ClN3O8S/c1-16(2)20(28-22(31)27-13-25(5,6)37-23(32)36-15-38(33,34)35)21(30)29-12-11-19(24(3,4)14-29)17-7-9-18(26)10-8-17/h7-10,16,19-20H,11-15H2,1-6H3,(H2,27,28,31)(H,33,34,35)/t19?,20-/m1/s1. The van der Waals surface area contributed by atoms with Crippen LogP contribution < -0.4 is 10.6 Å². The summed E-state index contributed by atoms with van der Waals surface area (Å²) in [5.41, 5.74) is -0.286. The van der Waals surface area contributed by atoms with Gasteiger partial charge in [-0.15, -0.1) is 0 Å². The van der Waals surface area contributed by atoms with Crippen LogP contribution >= 0.6 is 11.6 Å². The molecule has 0 saturated carbocycles. The van der Waals surface area contributed by atoms with Crippen LogP contribution in [-0.4, -0.2) is 73.2 Å². The van der Waals surface area contributed by atoms with Gasteiger partial charge in [-0.2, -0.15) is 8.42 Å². The zero-order chi connectivity index (χ0) is 28.9. The highest BCUT2D eigenvalue weighted by atomic mass is 35.5. The van der Waals surface area contributed by atoms with Crippen molar-refractivity contribution in [2.45, 2.75) is 65.5 Å². The first kappa shape index (κ1) is 31.6. The maximum atomic E-state index is 13.5. The van der Waals surface area contributed by atoms with Gasteiger partial charge in [-0.3, -0.25) is 9.35 Å². The normalized spacial score (nSPS) is 18.4. The highest BCUT2D eigenvalue weighted by Gasteiger charge is 2.40. The van der Waals surface area contributed by atoms with E-state index in [-0.39, 0.29) is 29.7 Å². The number of ether oxygens (including phenoxy) is 2. The molecule has 1 aromatic carbocycles. The van der Waals surface area contributed by atoms with Crippen molar-refractivity contribution in [1.82, 2.24) is 15.5 Å². The summed E-state index contributed by atoms with van der Waals surface area (Å²) in [6.07, 6.45) is -0.550. The molecule has 214 valence electrons. The van der Waals surface area contributed by atoms with E-state index in [2.05, 4.69) is 29.2 Å². The third kappa shape index (κ3) is 9.63. The molecule has 0 bridgehead atoms. The maximum absolute atomic E-state index is 13.5. The SMILES string of the molecule is CC(C)[C@@H](NC(=O)NCC(C)(C)OC(=O)OCS(=O)(=O)O)C(=O)N1CCC(c2ccc(Cl)cc2)C(C)(C)C1. The Bertz CT molecular complexity index is 1110. The number of halogens is 1. The van der Waals surface area contributed by atoms with Crippen molar-refractivity contribution in [3.8, 4) is 0 Å². The molecular weight excluding hydrogens is 538 g/mol. The smallest absolute Gasteiger partial charge is 0.426 e. The molecule has 0 aromatic heterocycles. The Morgan fingerprint density at radius 2 is 1.82 bits per heavy atom. The van der Waals surface area contributed by atoms with Crippen LogP contribution in [0.1, 0.15) is 59.4 Å². The molecule has 1 saturated heterocycles. The summed E-state index contributed by atoms with van der Waals surface area (Å²) >= 11 is 6.04. The molecule has 0 spiro atoms. The maximum Gasteiger partial charge on any atom is 0.509 e. The molecule has 3 amide bonds. The average Bonchev–Trinajstić information content (AvgIpc) is 2.79. The number of hydrogen-bond acceptors (Lipinski definition) is 7. The molecule has 13 heteroatoms. The highest BCUT2D eigenvalue weighted by Crippen LogP contribution is 2.42. The van der Waals surface area contributed by atoms with Gasteiger partial charge in [0.15, 0.2) is 0 Å². The topological polar surface area (TPSA) is 151 Å². The lowest BCUT2D eigenvalue weighted by Gasteiger charge is -2.45. The van der Waals surface area contributed by atoms with Gasteiger partial charge in [0.2, 0.25) is 11.8 Å². The summed E-state index contributed by atoms with van der Waals surface area (Å²) in [7, 11) is -4.51. The van der Waals surface area contributed by atoms with Crippen LogP contribution in [0.2, 0.25) is 5.02 Å². The molecular formula is C25H38ClN3O8S. The predicted molar refractivity (Wildman–Crippen MR) is 142 cm³/mol. The number of amides is 3. The van der Waals surface area contributed by atoms with Gasteiger partial charge in [0.25, 0.3) is 0 Å². The van der Waals surface area contributed by atoms with E-state index in [1.165, 1.54) is 19.4 Å². The molecule has 3 N–H and O–H groups in total. The van der Waals surface area contributed by atoms with E-state index in [0.717, 1.165) is 6.42 Å². The Hall–Kier alpha value is -2.57. The van der Waals surface area contributed by atoms with E-state index in [1.54, 1.807) is 4.90 Å². The minimum Gasteiger partial charge on any atom is -0.426 e. The first-order chi connectivity index (χ1) is 17.4. The Balaban J connectivity index is 1.95. The summed E-state index contributed by atoms with van der Waals surface area (Å²) < 4.78 is 39.3. The van der Waals surface area contributed by atoms with E-state index in [9.17, 15) is 22.8 Å². The van der Waals surface area contributed by atoms with Crippen molar-refractivity contribution in [3.63, 3.8) is 0 Å².